The Bertz CT molecular complexity index is 273. The number of amides is 1. The zero-order valence-electron chi connectivity index (χ0n) is 11.2. The van der Waals surface area contributed by atoms with E-state index in [-0.39, 0.29) is 12.3 Å². The molecule has 104 valence electrons. The molecular weight excluding hydrogens is 232 g/mol. The molecule has 5 heteroatoms. The Labute approximate surface area is 109 Å². The Morgan fingerprint density at radius 1 is 1.28 bits per heavy atom. The maximum atomic E-state index is 11.5. The summed E-state index contributed by atoms with van der Waals surface area (Å²) in [6.07, 6.45) is 4.52. The molecule has 0 radical (unpaired) electrons. The number of piperidine rings is 1. The van der Waals surface area contributed by atoms with Crippen LogP contribution in [0.1, 0.15) is 38.5 Å². The second-order valence-electron chi connectivity index (χ2n) is 5.13. The van der Waals surface area contributed by atoms with Gasteiger partial charge in [0.1, 0.15) is 0 Å². The Balaban J connectivity index is 2.01. The normalized spacial score (nSPS) is 17.6. The molecule has 1 rings (SSSR count). The van der Waals surface area contributed by atoms with E-state index in [0.29, 0.717) is 25.3 Å². The highest BCUT2D eigenvalue weighted by molar-refractivity contribution is 5.75. The van der Waals surface area contributed by atoms with Crippen molar-refractivity contribution in [1.29, 1.82) is 0 Å². The topological polar surface area (TPSA) is 69.6 Å². The van der Waals surface area contributed by atoms with Crippen molar-refractivity contribution in [2.24, 2.45) is 5.92 Å². The van der Waals surface area contributed by atoms with Gasteiger partial charge < -0.3 is 15.3 Å². The van der Waals surface area contributed by atoms with Crippen LogP contribution in [0.4, 0.5) is 0 Å². The van der Waals surface area contributed by atoms with E-state index >= 15 is 0 Å². The zero-order valence-corrected chi connectivity index (χ0v) is 11.2. The lowest BCUT2D eigenvalue weighted by Gasteiger charge is -2.28. The van der Waals surface area contributed by atoms with Gasteiger partial charge >= 0.3 is 5.97 Å². The molecule has 1 fully saturated rings. The summed E-state index contributed by atoms with van der Waals surface area (Å²) in [7, 11) is 2.13. The monoisotopic (exact) mass is 256 g/mol. The second kappa shape index (κ2) is 8.08. The number of hydrogen-bond donors (Lipinski definition) is 2. The summed E-state index contributed by atoms with van der Waals surface area (Å²) >= 11 is 0. The SMILES string of the molecule is CN1CCC(CCC(=O)NCCCC(=O)O)CC1. The summed E-state index contributed by atoms with van der Waals surface area (Å²) < 4.78 is 0. The van der Waals surface area contributed by atoms with E-state index in [1.54, 1.807) is 0 Å². The highest BCUT2D eigenvalue weighted by Gasteiger charge is 2.17. The van der Waals surface area contributed by atoms with Crippen LogP contribution in [0.3, 0.4) is 0 Å². The predicted octanol–water partition coefficient (Wildman–Crippen LogP) is 1.09. The first-order valence-corrected chi connectivity index (χ1v) is 6.75. The largest absolute Gasteiger partial charge is 0.481 e. The van der Waals surface area contributed by atoms with E-state index in [9.17, 15) is 9.59 Å². The molecule has 1 aliphatic rings. The predicted molar refractivity (Wildman–Crippen MR) is 69.3 cm³/mol. The van der Waals surface area contributed by atoms with Crippen LogP contribution in [0, 0.1) is 5.92 Å². The van der Waals surface area contributed by atoms with Gasteiger partial charge in [-0.3, -0.25) is 9.59 Å². The van der Waals surface area contributed by atoms with Crippen LogP contribution in [0.2, 0.25) is 0 Å². The third-order valence-corrected chi connectivity index (χ3v) is 3.51. The molecule has 0 aromatic rings. The lowest BCUT2D eigenvalue weighted by molar-refractivity contribution is -0.137. The standard InChI is InChI=1S/C13H24N2O3/c1-15-9-6-11(7-10-15)4-5-12(16)14-8-2-3-13(17)18/h11H,2-10H2,1H3,(H,14,16)(H,17,18). The molecule has 1 heterocycles. The van der Waals surface area contributed by atoms with Gasteiger partial charge in [0.2, 0.25) is 5.91 Å². The molecule has 2 N–H and O–H groups in total. The van der Waals surface area contributed by atoms with Crippen molar-refractivity contribution in [2.45, 2.75) is 38.5 Å². The quantitative estimate of drug-likeness (QED) is 0.669. The average molecular weight is 256 g/mol. The van der Waals surface area contributed by atoms with Crippen LogP contribution in [0.5, 0.6) is 0 Å². The Morgan fingerprint density at radius 2 is 1.94 bits per heavy atom. The minimum Gasteiger partial charge on any atom is -0.481 e. The molecule has 5 nitrogen and oxygen atoms in total. The molecule has 0 atom stereocenters. The number of nitrogens with zero attached hydrogens (tertiary/aromatic N) is 1. The molecule has 0 bridgehead atoms. The fourth-order valence-electron chi connectivity index (χ4n) is 2.24. The van der Waals surface area contributed by atoms with Crippen LogP contribution < -0.4 is 5.32 Å². The van der Waals surface area contributed by atoms with Gasteiger partial charge in [0.05, 0.1) is 0 Å². The molecule has 1 aliphatic heterocycles. The molecule has 0 aromatic heterocycles. The van der Waals surface area contributed by atoms with Crippen molar-refractivity contribution < 1.29 is 14.7 Å². The maximum Gasteiger partial charge on any atom is 0.303 e. The van der Waals surface area contributed by atoms with E-state index in [1.807, 2.05) is 0 Å². The maximum absolute atomic E-state index is 11.5. The summed E-state index contributed by atoms with van der Waals surface area (Å²) in [4.78, 5) is 24.1. The number of hydrogen-bond acceptors (Lipinski definition) is 3. The zero-order chi connectivity index (χ0) is 13.4. The first-order valence-electron chi connectivity index (χ1n) is 6.75. The number of carbonyl (C=O) groups is 2. The van der Waals surface area contributed by atoms with Gasteiger partial charge in [0.15, 0.2) is 0 Å². The van der Waals surface area contributed by atoms with E-state index in [1.165, 1.54) is 12.8 Å². The smallest absolute Gasteiger partial charge is 0.303 e. The molecule has 0 saturated carbocycles. The van der Waals surface area contributed by atoms with Gasteiger partial charge in [-0.15, -0.1) is 0 Å². The first-order chi connectivity index (χ1) is 8.58. The summed E-state index contributed by atoms with van der Waals surface area (Å²) in [5.74, 6) is -0.0825. The van der Waals surface area contributed by atoms with E-state index in [2.05, 4.69) is 17.3 Å². The summed E-state index contributed by atoms with van der Waals surface area (Å²) in [6.45, 7) is 2.73. The van der Waals surface area contributed by atoms with Gasteiger partial charge in [-0.05, 0) is 51.7 Å². The lowest BCUT2D eigenvalue weighted by Crippen LogP contribution is -2.31. The van der Waals surface area contributed by atoms with Crippen molar-refractivity contribution >= 4 is 11.9 Å². The molecular formula is C13H24N2O3. The summed E-state index contributed by atoms with van der Waals surface area (Å²) in [6, 6.07) is 0. The molecule has 0 aromatic carbocycles. The molecule has 0 spiro atoms. The van der Waals surface area contributed by atoms with Gasteiger partial charge in [0.25, 0.3) is 0 Å². The lowest BCUT2D eigenvalue weighted by atomic mass is 9.92. The third-order valence-electron chi connectivity index (χ3n) is 3.51. The average Bonchev–Trinajstić information content (AvgIpc) is 2.34. The summed E-state index contributed by atoms with van der Waals surface area (Å²) in [5, 5.41) is 11.2. The van der Waals surface area contributed by atoms with Crippen molar-refractivity contribution in [3.05, 3.63) is 0 Å². The van der Waals surface area contributed by atoms with E-state index in [4.69, 9.17) is 5.11 Å². The van der Waals surface area contributed by atoms with Crippen molar-refractivity contribution in [1.82, 2.24) is 10.2 Å². The van der Waals surface area contributed by atoms with Crippen molar-refractivity contribution in [3.63, 3.8) is 0 Å². The fourth-order valence-corrected chi connectivity index (χ4v) is 2.24. The number of carbonyl (C=O) groups excluding carboxylic acids is 1. The van der Waals surface area contributed by atoms with E-state index in [0.717, 1.165) is 19.5 Å². The second-order valence-corrected chi connectivity index (χ2v) is 5.13. The highest BCUT2D eigenvalue weighted by Crippen LogP contribution is 2.20. The van der Waals surface area contributed by atoms with Crippen LogP contribution in [0.15, 0.2) is 0 Å². The number of likely N-dealkylation sites (tertiary alicyclic amines) is 1. The Kier molecular flexibility index (Phi) is 6.72. The van der Waals surface area contributed by atoms with Crippen LogP contribution in [-0.4, -0.2) is 48.6 Å². The number of nitrogens with one attached hydrogen (secondary N) is 1. The fraction of sp³-hybridized carbons (Fsp3) is 0.846. The van der Waals surface area contributed by atoms with E-state index < -0.39 is 5.97 Å². The highest BCUT2D eigenvalue weighted by atomic mass is 16.4. The Hall–Kier alpha value is -1.10. The molecule has 1 saturated heterocycles. The van der Waals surface area contributed by atoms with Gasteiger partial charge in [-0.25, -0.2) is 0 Å². The third kappa shape index (κ3) is 6.59. The van der Waals surface area contributed by atoms with Gasteiger partial charge in [-0.2, -0.15) is 0 Å². The molecule has 18 heavy (non-hydrogen) atoms. The number of carboxylic acids is 1. The van der Waals surface area contributed by atoms with Crippen molar-refractivity contribution in [3.8, 4) is 0 Å². The van der Waals surface area contributed by atoms with Gasteiger partial charge in [-0.1, -0.05) is 0 Å². The van der Waals surface area contributed by atoms with Crippen LogP contribution in [-0.2, 0) is 9.59 Å². The number of carboxylic acid groups (broad SMARTS) is 1. The number of rotatable bonds is 7. The van der Waals surface area contributed by atoms with Gasteiger partial charge in [0, 0.05) is 19.4 Å². The number of aliphatic carboxylic acids is 1. The minimum atomic E-state index is -0.810. The van der Waals surface area contributed by atoms with Crippen LogP contribution >= 0.6 is 0 Å². The molecule has 0 unspecified atom stereocenters. The van der Waals surface area contributed by atoms with Crippen molar-refractivity contribution in [2.75, 3.05) is 26.7 Å². The van der Waals surface area contributed by atoms with Crippen LogP contribution in [0.25, 0.3) is 0 Å². The first kappa shape index (κ1) is 15.0. The minimum absolute atomic E-state index is 0.0549. The summed E-state index contributed by atoms with van der Waals surface area (Å²) in [5.41, 5.74) is 0. The molecule has 1 amide bonds. The Morgan fingerprint density at radius 3 is 2.56 bits per heavy atom. The molecule has 0 aliphatic carbocycles.